The minimum Gasteiger partial charge on any atom is -0.481 e. The summed E-state index contributed by atoms with van der Waals surface area (Å²) in [5.74, 6) is -1.22. The van der Waals surface area contributed by atoms with Gasteiger partial charge in [0.1, 0.15) is 5.60 Å². The monoisotopic (exact) mass is 384 g/mol. The van der Waals surface area contributed by atoms with Crippen molar-refractivity contribution in [3.8, 4) is 0 Å². The average molecular weight is 384 g/mol. The van der Waals surface area contributed by atoms with Crippen LogP contribution in [0.1, 0.15) is 57.8 Å². The molecule has 1 aromatic carbocycles. The summed E-state index contributed by atoms with van der Waals surface area (Å²) in [6, 6.07) is 7.31. The molecule has 0 saturated heterocycles. The molecule has 1 N–H and O–H groups in total. The molecule has 0 fully saturated rings. The van der Waals surface area contributed by atoms with Gasteiger partial charge in [0, 0.05) is 6.42 Å². The fourth-order valence-corrected chi connectivity index (χ4v) is 3.78. The first-order valence-corrected chi connectivity index (χ1v) is 10.0. The van der Waals surface area contributed by atoms with Gasteiger partial charge in [-0.1, -0.05) is 24.3 Å². The molecule has 146 valence electrons. The van der Waals surface area contributed by atoms with Crippen LogP contribution in [0.15, 0.2) is 24.3 Å². The molecule has 0 amide bonds. The Kier molecular flexibility index (Phi) is 9.20. The largest absolute Gasteiger partial charge is 0.481 e. The normalized spacial score (nSPS) is 12.8. The van der Waals surface area contributed by atoms with Crippen molar-refractivity contribution >= 4 is 20.3 Å². The molecule has 0 saturated carbocycles. The van der Waals surface area contributed by atoms with E-state index in [0.29, 0.717) is 19.6 Å². The number of aliphatic carboxylic acids is 1. The van der Waals surface area contributed by atoms with Crippen LogP contribution in [0.4, 0.5) is 0 Å². The van der Waals surface area contributed by atoms with E-state index < -0.39 is 25.6 Å². The first-order chi connectivity index (χ1) is 12.2. The van der Waals surface area contributed by atoms with Crippen molar-refractivity contribution in [2.45, 2.75) is 58.7 Å². The van der Waals surface area contributed by atoms with Crippen molar-refractivity contribution in [1.29, 1.82) is 0 Å². The van der Waals surface area contributed by atoms with Gasteiger partial charge < -0.3 is 18.9 Å². The second-order valence-corrected chi connectivity index (χ2v) is 8.30. The van der Waals surface area contributed by atoms with Crippen LogP contribution >= 0.6 is 8.38 Å². The highest BCUT2D eigenvalue weighted by atomic mass is 31.2. The van der Waals surface area contributed by atoms with Crippen LogP contribution in [-0.2, 0) is 29.8 Å². The zero-order valence-corrected chi connectivity index (χ0v) is 17.0. The van der Waals surface area contributed by atoms with E-state index in [2.05, 4.69) is 0 Å². The van der Waals surface area contributed by atoms with E-state index in [4.69, 9.17) is 18.9 Å². The Hall–Kier alpha value is -1.49. The molecule has 0 aliphatic rings. The summed E-state index contributed by atoms with van der Waals surface area (Å²) in [6.07, 6.45) is 0.512. The van der Waals surface area contributed by atoms with Crippen molar-refractivity contribution in [3.63, 3.8) is 0 Å². The highest BCUT2D eigenvalue weighted by Gasteiger charge is 2.36. The maximum atomic E-state index is 12.8. The SMILES string of the molecule is CCOP(OCC)C(C(=O)OC(C)(C)C)c1ccc(CCC(=O)O)cc1. The van der Waals surface area contributed by atoms with E-state index in [1.807, 2.05) is 58.9 Å². The summed E-state index contributed by atoms with van der Waals surface area (Å²) >= 11 is 0. The maximum absolute atomic E-state index is 12.8. The Morgan fingerprint density at radius 3 is 2.04 bits per heavy atom. The third-order valence-electron chi connectivity index (χ3n) is 3.28. The number of hydrogen-bond acceptors (Lipinski definition) is 5. The fourth-order valence-electron chi connectivity index (χ4n) is 2.26. The number of hydrogen-bond donors (Lipinski definition) is 1. The van der Waals surface area contributed by atoms with Crippen molar-refractivity contribution in [3.05, 3.63) is 35.4 Å². The molecule has 6 nitrogen and oxygen atoms in total. The lowest BCUT2D eigenvalue weighted by Crippen LogP contribution is -2.28. The Morgan fingerprint density at radius 2 is 1.62 bits per heavy atom. The lowest BCUT2D eigenvalue weighted by atomic mass is 10.1. The predicted molar refractivity (Wildman–Crippen MR) is 101 cm³/mol. The molecule has 0 radical (unpaired) electrons. The van der Waals surface area contributed by atoms with Crippen LogP contribution in [0, 0.1) is 0 Å². The van der Waals surface area contributed by atoms with E-state index in [9.17, 15) is 9.59 Å². The summed E-state index contributed by atoms with van der Waals surface area (Å²) in [4.78, 5) is 23.5. The van der Waals surface area contributed by atoms with Crippen LogP contribution in [0.2, 0.25) is 0 Å². The number of carbonyl (C=O) groups excluding carboxylic acids is 1. The van der Waals surface area contributed by atoms with E-state index in [1.165, 1.54) is 0 Å². The zero-order chi connectivity index (χ0) is 19.7. The molecule has 0 heterocycles. The number of carboxylic acids is 1. The third-order valence-corrected chi connectivity index (χ3v) is 5.23. The number of carbonyl (C=O) groups is 2. The number of benzene rings is 1. The number of carboxylic acid groups (broad SMARTS) is 1. The molecule has 1 atom stereocenters. The second kappa shape index (κ2) is 10.6. The molecular weight excluding hydrogens is 355 g/mol. The van der Waals surface area contributed by atoms with E-state index in [-0.39, 0.29) is 12.4 Å². The molecule has 0 bridgehead atoms. The number of esters is 1. The second-order valence-electron chi connectivity index (χ2n) is 6.69. The lowest BCUT2D eigenvalue weighted by Gasteiger charge is -2.28. The molecule has 7 heteroatoms. The highest BCUT2D eigenvalue weighted by molar-refractivity contribution is 7.48. The van der Waals surface area contributed by atoms with E-state index in [1.54, 1.807) is 0 Å². The average Bonchev–Trinajstić information content (AvgIpc) is 2.53. The van der Waals surface area contributed by atoms with Crippen LogP contribution in [0.5, 0.6) is 0 Å². The van der Waals surface area contributed by atoms with Gasteiger partial charge in [0.15, 0.2) is 14.0 Å². The molecule has 1 aromatic rings. The quantitative estimate of drug-likeness (QED) is 0.473. The minimum atomic E-state index is -1.49. The van der Waals surface area contributed by atoms with Crippen molar-refractivity contribution < 1.29 is 28.5 Å². The Labute approximate surface area is 156 Å². The van der Waals surface area contributed by atoms with Gasteiger partial charge in [0.05, 0.1) is 13.2 Å². The summed E-state index contributed by atoms with van der Waals surface area (Å²) in [6.45, 7) is 10.0. The van der Waals surface area contributed by atoms with Gasteiger partial charge in [0.2, 0.25) is 0 Å². The fraction of sp³-hybridized carbons (Fsp3) is 0.579. The molecule has 26 heavy (non-hydrogen) atoms. The number of aryl methyl sites for hydroxylation is 1. The molecule has 0 aliphatic heterocycles. The zero-order valence-electron chi connectivity index (χ0n) is 16.2. The van der Waals surface area contributed by atoms with Gasteiger partial charge >= 0.3 is 11.9 Å². The highest BCUT2D eigenvalue weighted by Crippen LogP contribution is 2.54. The summed E-state index contributed by atoms with van der Waals surface area (Å²) in [7, 11) is -1.49. The van der Waals surface area contributed by atoms with Crippen LogP contribution < -0.4 is 0 Å². The third kappa shape index (κ3) is 7.81. The maximum Gasteiger partial charge on any atom is 0.323 e. The van der Waals surface area contributed by atoms with Crippen molar-refractivity contribution in [2.75, 3.05) is 13.2 Å². The van der Waals surface area contributed by atoms with Crippen molar-refractivity contribution in [1.82, 2.24) is 0 Å². The smallest absolute Gasteiger partial charge is 0.323 e. The minimum absolute atomic E-state index is 0.0689. The van der Waals surface area contributed by atoms with Gasteiger partial charge in [0.25, 0.3) is 0 Å². The molecular formula is C19H29O6P. The Balaban J connectivity index is 3.09. The molecule has 1 unspecified atom stereocenters. The van der Waals surface area contributed by atoms with E-state index >= 15 is 0 Å². The number of rotatable bonds is 10. The van der Waals surface area contributed by atoms with Gasteiger partial charge in [-0.15, -0.1) is 0 Å². The van der Waals surface area contributed by atoms with Crippen LogP contribution in [0.25, 0.3) is 0 Å². The molecule has 1 rings (SSSR count). The Bertz CT molecular complexity index is 573. The van der Waals surface area contributed by atoms with Gasteiger partial charge in [-0.25, -0.2) is 0 Å². The summed E-state index contributed by atoms with van der Waals surface area (Å²) in [5.41, 5.74) is 0.371. The first-order valence-electron chi connectivity index (χ1n) is 8.76. The van der Waals surface area contributed by atoms with Crippen molar-refractivity contribution in [2.24, 2.45) is 0 Å². The van der Waals surface area contributed by atoms with Gasteiger partial charge in [-0.2, -0.15) is 0 Å². The van der Waals surface area contributed by atoms with Crippen LogP contribution in [0.3, 0.4) is 0 Å². The van der Waals surface area contributed by atoms with E-state index in [0.717, 1.165) is 11.1 Å². The first kappa shape index (κ1) is 22.6. The summed E-state index contributed by atoms with van der Waals surface area (Å²) < 4.78 is 17.0. The topological polar surface area (TPSA) is 82.1 Å². The molecule has 0 spiro atoms. The van der Waals surface area contributed by atoms with Gasteiger partial charge in [-0.05, 0) is 52.2 Å². The molecule has 0 aromatic heterocycles. The predicted octanol–water partition coefficient (Wildman–Crippen LogP) is 4.47. The Morgan fingerprint density at radius 1 is 1.08 bits per heavy atom. The summed E-state index contributed by atoms with van der Waals surface area (Å²) in [5, 5.41) is 8.80. The standard InChI is InChI=1S/C19H29O6P/c1-6-23-26(24-7-2)17(18(22)25-19(3,4)5)15-11-8-14(9-12-15)10-13-16(20)21/h8-9,11-12,17H,6-7,10,13H2,1-5H3,(H,20,21). The lowest BCUT2D eigenvalue weighted by molar-refractivity contribution is -0.154. The number of ether oxygens (including phenoxy) is 1. The van der Waals surface area contributed by atoms with Crippen LogP contribution in [-0.4, -0.2) is 35.9 Å². The molecule has 0 aliphatic carbocycles. The van der Waals surface area contributed by atoms with Gasteiger partial charge in [-0.3, -0.25) is 9.59 Å².